The lowest BCUT2D eigenvalue weighted by molar-refractivity contribution is -0.393. The van der Waals surface area contributed by atoms with Gasteiger partial charge in [0.25, 0.3) is 11.4 Å². The van der Waals surface area contributed by atoms with Crippen molar-refractivity contribution < 1.29 is 14.6 Å². The van der Waals surface area contributed by atoms with Crippen molar-refractivity contribution in [2.24, 2.45) is 5.73 Å². The molecule has 0 saturated carbocycles. The van der Waals surface area contributed by atoms with E-state index in [0.29, 0.717) is 0 Å². The molecule has 17 heavy (non-hydrogen) atoms. The first-order valence-corrected chi connectivity index (χ1v) is 4.33. The molecule has 0 atom stereocenters. The molecule has 1 rings (SSSR count). The van der Waals surface area contributed by atoms with E-state index in [-0.39, 0.29) is 11.3 Å². The summed E-state index contributed by atoms with van der Waals surface area (Å²) in [5, 5.41) is 23.3. The number of aryl methyl sites for hydroxylation is 1. The summed E-state index contributed by atoms with van der Waals surface area (Å²) >= 11 is 0. The average Bonchev–Trinajstić information content (AvgIpc) is 2.19. The Kier molecular flexibility index (Phi) is 3.22. The third-order valence-corrected chi connectivity index (χ3v) is 1.96. The Hall–Kier alpha value is -2.71. The summed E-state index contributed by atoms with van der Waals surface area (Å²) in [5.41, 5.74) is 3.89. The number of urea groups is 1. The molecule has 0 saturated heterocycles. The van der Waals surface area contributed by atoms with Crippen molar-refractivity contribution in [3.8, 4) is 0 Å². The molecule has 0 aliphatic heterocycles. The van der Waals surface area contributed by atoms with Gasteiger partial charge in [-0.2, -0.15) is 0 Å². The molecule has 3 N–H and O–H groups in total. The smallest absolute Gasteiger partial charge is 0.316 e. The van der Waals surface area contributed by atoms with Gasteiger partial charge < -0.3 is 11.1 Å². The fourth-order valence-corrected chi connectivity index (χ4v) is 1.29. The quantitative estimate of drug-likeness (QED) is 0.604. The summed E-state index contributed by atoms with van der Waals surface area (Å²) in [6.45, 7) is 1.39. The van der Waals surface area contributed by atoms with Crippen molar-refractivity contribution in [2.75, 3.05) is 5.32 Å². The Morgan fingerprint density at radius 1 is 1.29 bits per heavy atom. The number of hydrogen-bond donors (Lipinski definition) is 2. The predicted molar refractivity (Wildman–Crippen MR) is 57.7 cm³/mol. The normalized spacial score (nSPS) is 9.71. The van der Waals surface area contributed by atoms with Crippen molar-refractivity contribution in [2.45, 2.75) is 6.92 Å². The highest BCUT2D eigenvalue weighted by atomic mass is 16.6. The van der Waals surface area contributed by atoms with Crippen LogP contribution in [0, 0.1) is 27.2 Å². The van der Waals surface area contributed by atoms with Gasteiger partial charge in [0.1, 0.15) is 5.69 Å². The standard InChI is InChI=1S/C8H8N4O5/c1-4-2-5(11(14)15)3-6(12(16)17)7(4)10-8(9)13/h2-3H,1H3,(H3,9,10,13). The van der Waals surface area contributed by atoms with Crippen molar-refractivity contribution >= 4 is 23.1 Å². The summed E-state index contributed by atoms with van der Waals surface area (Å²) < 4.78 is 0. The summed E-state index contributed by atoms with van der Waals surface area (Å²) in [5.74, 6) is 0. The molecule has 0 aliphatic rings. The fourth-order valence-electron chi connectivity index (χ4n) is 1.29. The number of rotatable bonds is 3. The van der Waals surface area contributed by atoms with Crippen LogP contribution < -0.4 is 11.1 Å². The number of nitro groups is 2. The molecule has 1 aromatic carbocycles. The van der Waals surface area contributed by atoms with Crippen LogP contribution in [-0.2, 0) is 0 Å². The van der Waals surface area contributed by atoms with Crippen molar-refractivity contribution in [1.82, 2.24) is 0 Å². The maximum atomic E-state index is 10.7. The number of carbonyl (C=O) groups is 1. The lowest BCUT2D eigenvalue weighted by Crippen LogP contribution is -2.20. The zero-order valence-electron chi connectivity index (χ0n) is 8.67. The Labute approximate surface area is 94.5 Å². The van der Waals surface area contributed by atoms with Crippen LogP contribution in [0.2, 0.25) is 0 Å². The molecule has 0 unspecified atom stereocenters. The van der Waals surface area contributed by atoms with Crippen molar-refractivity contribution in [3.63, 3.8) is 0 Å². The third kappa shape index (κ3) is 2.65. The number of carbonyl (C=O) groups excluding carboxylic acids is 1. The highest BCUT2D eigenvalue weighted by Gasteiger charge is 2.23. The van der Waals surface area contributed by atoms with Gasteiger partial charge in [0.15, 0.2) is 0 Å². The van der Waals surface area contributed by atoms with Crippen LogP contribution in [0.3, 0.4) is 0 Å². The molecule has 0 heterocycles. The number of nitrogens with zero attached hydrogens (tertiary/aromatic N) is 2. The molecule has 0 aliphatic carbocycles. The van der Waals surface area contributed by atoms with Gasteiger partial charge in [0.2, 0.25) is 0 Å². The third-order valence-electron chi connectivity index (χ3n) is 1.96. The Morgan fingerprint density at radius 2 is 1.88 bits per heavy atom. The molecule has 0 radical (unpaired) electrons. The van der Waals surface area contributed by atoms with E-state index < -0.39 is 27.3 Å². The number of anilines is 1. The van der Waals surface area contributed by atoms with Crippen LogP contribution in [0.4, 0.5) is 21.9 Å². The van der Waals surface area contributed by atoms with E-state index in [1.165, 1.54) is 6.92 Å². The average molecular weight is 240 g/mol. The summed E-state index contributed by atoms with van der Waals surface area (Å²) in [6.07, 6.45) is 0. The minimum absolute atomic E-state index is 0.145. The first-order chi connectivity index (χ1) is 7.82. The van der Waals surface area contributed by atoms with Crippen LogP contribution in [0.25, 0.3) is 0 Å². The number of primary amides is 1. The zero-order chi connectivity index (χ0) is 13.2. The maximum Gasteiger partial charge on any atom is 0.316 e. The lowest BCUT2D eigenvalue weighted by Gasteiger charge is -2.06. The van der Waals surface area contributed by atoms with Gasteiger partial charge in [0.05, 0.1) is 15.9 Å². The first-order valence-electron chi connectivity index (χ1n) is 4.33. The van der Waals surface area contributed by atoms with Crippen LogP contribution in [0.15, 0.2) is 12.1 Å². The van der Waals surface area contributed by atoms with Crippen LogP contribution in [-0.4, -0.2) is 15.9 Å². The highest BCUT2D eigenvalue weighted by molar-refractivity contribution is 5.92. The number of amides is 2. The van der Waals surface area contributed by atoms with Gasteiger partial charge in [-0.05, 0) is 12.5 Å². The first kappa shape index (κ1) is 12.4. The summed E-state index contributed by atoms with van der Waals surface area (Å²) in [6, 6.07) is 0.890. The molecule has 0 bridgehead atoms. The highest BCUT2D eigenvalue weighted by Crippen LogP contribution is 2.32. The molecule has 9 nitrogen and oxygen atoms in total. The van der Waals surface area contributed by atoms with Gasteiger partial charge in [-0.3, -0.25) is 20.2 Å². The van der Waals surface area contributed by atoms with Gasteiger partial charge in [-0.1, -0.05) is 0 Å². The second-order valence-corrected chi connectivity index (χ2v) is 3.16. The fraction of sp³-hybridized carbons (Fsp3) is 0.125. The lowest BCUT2D eigenvalue weighted by atomic mass is 10.1. The van der Waals surface area contributed by atoms with Gasteiger partial charge >= 0.3 is 6.03 Å². The largest absolute Gasteiger partial charge is 0.351 e. The van der Waals surface area contributed by atoms with Gasteiger partial charge in [-0.25, -0.2) is 4.79 Å². The number of benzene rings is 1. The Bertz CT molecular complexity index is 513. The second kappa shape index (κ2) is 4.43. The number of hydrogen-bond acceptors (Lipinski definition) is 5. The van der Waals surface area contributed by atoms with Crippen molar-refractivity contribution in [1.29, 1.82) is 0 Å². The van der Waals surface area contributed by atoms with E-state index in [4.69, 9.17) is 5.73 Å². The summed E-state index contributed by atoms with van der Waals surface area (Å²) in [7, 11) is 0. The molecule has 2 amide bonds. The van der Waals surface area contributed by atoms with Crippen LogP contribution in [0.1, 0.15) is 5.56 Å². The van der Waals surface area contributed by atoms with E-state index in [9.17, 15) is 25.0 Å². The molecule has 0 aromatic heterocycles. The van der Waals surface area contributed by atoms with E-state index >= 15 is 0 Å². The topological polar surface area (TPSA) is 141 Å². The Balaban J connectivity index is 3.43. The van der Waals surface area contributed by atoms with Gasteiger partial charge in [-0.15, -0.1) is 0 Å². The number of nitro benzene ring substituents is 2. The summed E-state index contributed by atoms with van der Waals surface area (Å²) in [4.78, 5) is 30.3. The van der Waals surface area contributed by atoms with Crippen LogP contribution in [0.5, 0.6) is 0 Å². The SMILES string of the molecule is Cc1cc([N+](=O)[O-])cc([N+](=O)[O-])c1NC(N)=O. The van der Waals surface area contributed by atoms with Gasteiger partial charge in [0, 0.05) is 6.07 Å². The maximum absolute atomic E-state index is 10.7. The molecule has 0 fully saturated rings. The number of non-ortho nitro benzene ring substituents is 1. The predicted octanol–water partition coefficient (Wildman–Crippen LogP) is 1.30. The molecule has 90 valence electrons. The van der Waals surface area contributed by atoms with Crippen LogP contribution >= 0.6 is 0 Å². The number of nitrogens with one attached hydrogen (secondary N) is 1. The minimum atomic E-state index is -0.981. The van der Waals surface area contributed by atoms with E-state index in [1.807, 2.05) is 0 Å². The molecule has 0 spiro atoms. The molecular weight excluding hydrogens is 232 g/mol. The van der Waals surface area contributed by atoms with E-state index in [1.54, 1.807) is 0 Å². The van der Waals surface area contributed by atoms with Crippen molar-refractivity contribution in [3.05, 3.63) is 37.9 Å². The molecule has 9 heteroatoms. The van der Waals surface area contributed by atoms with E-state index in [2.05, 4.69) is 5.32 Å². The number of nitrogens with two attached hydrogens (primary N) is 1. The van der Waals surface area contributed by atoms with E-state index in [0.717, 1.165) is 12.1 Å². The minimum Gasteiger partial charge on any atom is -0.351 e. The molecular formula is C8H8N4O5. The zero-order valence-corrected chi connectivity index (χ0v) is 8.67. The monoisotopic (exact) mass is 240 g/mol. The Morgan fingerprint density at radius 3 is 2.29 bits per heavy atom. The molecule has 1 aromatic rings. The second-order valence-electron chi connectivity index (χ2n) is 3.16.